The molecule has 6 nitrogen and oxygen atoms in total. The third-order valence-corrected chi connectivity index (χ3v) is 6.75. The summed E-state index contributed by atoms with van der Waals surface area (Å²) >= 11 is 0. The van der Waals surface area contributed by atoms with Crippen molar-refractivity contribution in [2.75, 3.05) is 31.8 Å². The molecule has 34 heavy (non-hydrogen) atoms. The number of para-hydroxylation sites is 1. The van der Waals surface area contributed by atoms with Crippen molar-refractivity contribution in [3.8, 4) is 0 Å². The quantitative estimate of drug-likeness (QED) is 0.397. The highest BCUT2D eigenvalue weighted by Gasteiger charge is 2.20. The summed E-state index contributed by atoms with van der Waals surface area (Å²) in [5, 5.41) is 4.18. The normalized spacial score (nSPS) is 12.4. The minimum atomic E-state index is -3.18. The van der Waals surface area contributed by atoms with Crippen LogP contribution < -0.4 is 10.2 Å². The minimum Gasteiger partial charge on any atom is -0.378 e. The van der Waals surface area contributed by atoms with Crippen LogP contribution in [-0.4, -0.2) is 46.2 Å². The monoisotopic (exact) mass is 475 g/mol. The first-order valence-electron chi connectivity index (χ1n) is 11.1. The highest BCUT2D eigenvalue weighted by atomic mass is 32.2. The summed E-state index contributed by atoms with van der Waals surface area (Å²) < 4.78 is 23.3. The van der Waals surface area contributed by atoms with Gasteiger partial charge < -0.3 is 15.2 Å². The van der Waals surface area contributed by atoms with Gasteiger partial charge in [-0.05, 0) is 47.0 Å². The molecular formula is C27H29N3O3S. The van der Waals surface area contributed by atoms with Gasteiger partial charge in [-0.2, -0.15) is 0 Å². The van der Waals surface area contributed by atoms with Gasteiger partial charge in [0.1, 0.15) is 0 Å². The molecule has 176 valence electrons. The Morgan fingerprint density at radius 1 is 1.00 bits per heavy atom. The van der Waals surface area contributed by atoms with Crippen LogP contribution >= 0.6 is 0 Å². The fourth-order valence-corrected chi connectivity index (χ4v) is 4.98. The Bertz CT molecular complexity index is 1410. The van der Waals surface area contributed by atoms with E-state index in [0.717, 1.165) is 27.7 Å². The van der Waals surface area contributed by atoms with E-state index in [9.17, 15) is 13.2 Å². The van der Waals surface area contributed by atoms with Gasteiger partial charge in [-0.25, -0.2) is 8.42 Å². The van der Waals surface area contributed by atoms with Gasteiger partial charge in [0, 0.05) is 61.2 Å². The molecule has 0 spiro atoms. The van der Waals surface area contributed by atoms with E-state index in [1.807, 2.05) is 38.5 Å². The number of benzene rings is 3. The molecule has 0 aliphatic rings. The number of hydrogen-bond donors (Lipinski definition) is 2. The van der Waals surface area contributed by atoms with Gasteiger partial charge in [0.15, 0.2) is 9.84 Å². The summed E-state index contributed by atoms with van der Waals surface area (Å²) in [6.45, 7) is 0.401. The van der Waals surface area contributed by atoms with E-state index >= 15 is 0 Å². The van der Waals surface area contributed by atoms with E-state index < -0.39 is 9.84 Å². The Balaban J connectivity index is 1.61. The van der Waals surface area contributed by atoms with Crippen LogP contribution in [0, 0.1) is 0 Å². The second kappa shape index (κ2) is 9.73. The lowest BCUT2D eigenvalue weighted by molar-refractivity contribution is 0.0952. The molecule has 0 radical (unpaired) electrons. The maximum atomic E-state index is 13.0. The van der Waals surface area contributed by atoms with Crippen molar-refractivity contribution in [1.29, 1.82) is 0 Å². The van der Waals surface area contributed by atoms with Gasteiger partial charge in [-0.15, -0.1) is 0 Å². The molecule has 1 heterocycles. The molecule has 1 unspecified atom stereocenters. The third kappa shape index (κ3) is 5.48. The minimum absolute atomic E-state index is 0.0597. The largest absolute Gasteiger partial charge is 0.378 e. The second-order valence-electron chi connectivity index (χ2n) is 8.81. The van der Waals surface area contributed by atoms with Crippen LogP contribution in [0.15, 0.2) is 79.0 Å². The Morgan fingerprint density at radius 3 is 2.44 bits per heavy atom. The van der Waals surface area contributed by atoms with Crippen LogP contribution in [0.1, 0.15) is 33.0 Å². The number of hydrogen-bond acceptors (Lipinski definition) is 4. The number of H-pyrrole nitrogens is 1. The van der Waals surface area contributed by atoms with E-state index in [1.165, 1.54) is 6.26 Å². The van der Waals surface area contributed by atoms with Crippen molar-refractivity contribution in [1.82, 2.24) is 10.3 Å². The molecule has 3 aromatic carbocycles. The number of carbonyl (C=O) groups excluding carboxylic acids is 1. The average molecular weight is 476 g/mol. The van der Waals surface area contributed by atoms with Gasteiger partial charge in [-0.3, -0.25) is 4.79 Å². The van der Waals surface area contributed by atoms with Crippen molar-refractivity contribution < 1.29 is 13.2 Å². The third-order valence-electron chi connectivity index (χ3n) is 5.89. The standard InChI is InChI=1S/C27H29N3O3S/c1-30(2)22-13-11-20(12-14-22)24(25-17-28-26-10-5-4-9-23(25)26)16-29-27(31)21-8-6-7-19(15-21)18-34(3,32)33/h4-15,17,24,28H,16,18H2,1-3H3,(H,29,31). The first-order chi connectivity index (χ1) is 16.2. The number of carbonyl (C=O) groups is 1. The van der Waals surface area contributed by atoms with Crippen LogP contribution in [0.3, 0.4) is 0 Å². The van der Waals surface area contributed by atoms with Crippen molar-refractivity contribution in [2.45, 2.75) is 11.7 Å². The van der Waals surface area contributed by atoms with Crippen LogP contribution in [0.2, 0.25) is 0 Å². The fourth-order valence-electron chi connectivity index (χ4n) is 4.20. The Morgan fingerprint density at radius 2 is 1.74 bits per heavy atom. The Hall–Kier alpha value is -3.58. The highest BCUT2D eigenvalue weighted by molar-refractivity contribution is 7.89. The summed E-state index contributed by atoms with van der Waals surface area (Å²) in [4.78, 5) is 18.4. The molecule has 1 amide bonds. The number of nitrogens with zero attached hydrogens (tertiary/aromatic N) is 1. The number of amides is 1. The lowest BCUT2D eigenvalue weighted by atomic mass is 9.90. The molecule has 2 N–H and O–H groups in total. The zero-order valence-corrected chi connectivity index (χ0v) is 20.4. The predicted octanol–water partition coefficient (Wildman–Crippen LogP) is 4.34. The van der Waals surface area contributed by atoms with Gasteiger partial charge in [0.2, 0.25) is 0 Å². The molecule has 4 rings (SSSR count). The maximum absolute atomic E-state index is 13.0. The number of nitrogens with one attached hydrogen (secondary N) is 2. The average Bonchev–Trinajstić information content (AvgIpc) is 3.22. The number of anilines is 1. The van der Waals surface area contributed by atoms with Crippen molar-refractivity contribution >= 4 is 32.3 Å². The highest BCUT2D eigenvalue weighted by Crippen LogP contribution is 2.31. The summed E-state index contributed by atoms with van der Waals surface area (Å²) in [7, 11) is 0.828. The molecule has 1 atom stereocenters. The van der Waals surface area contributed by atoms with Crippen molar-refractivity contribution in [3.63, 3.8) is 0 Å². The first-order valence-corrected chi connectivity index (χ1v) is 13.2. The van der Waals surface area contributed by atoms with E-state index in [4.69, 9.17) is 0 Å². The summed E-state index contributed by atoms with van der Waals surface area (Å²) in [5.74, 6) is -0.384. The molecule has 7 heteroatoms. The topological polar surface area (TPSA) is 82.3 Å². The zero-order chi connectivity index (χ0) is 24.3. The summed E-state index contributed by atoms with van der Waals surface area (Å²) in [6.07, 6.45) is 3.20. The first kappa shape index (κ1) is 23.6. The smallest absolute Gasteiger partial charge is 0.251 e. The molecule has 0 saturated heterocycles. The summed E-state index contributed by atoms with van der Waals surface area (Å²) in [6, 6.07) is 23.3. The molecule has 0 bridgehead atoms. The number of aromatic nitrogens is 1. The van der Waals surface area contributed by atoms with Crippen LogP contribution in [0.25, 0.3) is 10.9 Å². The van der Waals surface area contributed by atoms with Gasteiger partial charge in [0.05, 0.1) is 5.75 Å². The zero-order valence-electron chi connectivity index (χ0n) is 19.6. The van der Waals surface area contributed by atoms with Gasteiger partial charge in [-0.1, -0.05) is 42.5 Å². The van der Waals surface area contributed by atoms with E-state index in [2.05, 4.69) is 45.5 Å². The van der Waals surface area contributed by atoms with E-state index in [0.29, 0.717) is 17.7 Å². The number of aromatic amines is 1. The van der Waals surface area contributed by atoms with Crippen LogP contribution in [-0.2, 0) is 15.6 Å². The van der Waals surface area contributed by atoms with E-state index in [1.54, 1.807) is 24.3 Å². The molecule has 0 aliphatic heterocycles. The van der Waals surface area contributed by atoms with Crippen LogP contribution in [0.5, 0.6) is 0 Å². The molecule has 4 aromatic rings. The number of rotatable bonds is 8. The fraction of sp³-hybridized carbons (Fsp3) is 0.222. The van der Waals surface area contributed by atoms with Gasteiger partial charge >= 0.3 is 0 Å². The number of sulfone groups is 1. The van der Waals surface area contributed by atoms with Crippen LogP contribution in [0.4, 0.5) is 5.69 Å². The van der Waals surface area contributed by atoms with Crippen molar-refractivity contribution in [3.05, 3.63) is 101 Å². The molecule has 0 aliphatic carbocycles. The van der Waals surface area contributed by atoms with E-state index in [-0.39, 0.29) is 17.6 Å². The molecule has 0 fully saturated rings. The SMILES string of the molecule is CN(C)c1ccc(C(CNC(=O)c2cccc(CS(C)(=O)=O)c2)c2c[nH]c3ccccc23)cc1. The number of fused-ring (bicyclic) bond motifs is 1. The Kier molecular flexibility index (Phi) is 6.75. The lowest BCUT2D eigenvalue weighted by Crippen LogP contribution is -2.29. The molecule has 0 saturated carbocycles. The molecular weight excluding hydrogens is 446 g/mol. The molecule has 1 aromatic heterocycles. The Labute approximate surface area is 200 Å². The van der Waals surface area contributed by atoms with Gasteiger partial charge in [0.25, 0.3) is 5.91 Å². The summed E-state index contributed by atoms with van der Waals surface area (Å²) in [5.41, 5.74) is 5.41. The second-order valence-corrected chi connectivity index (χ2v) is 10.9. The maximum Gasteiger partial charge on any atom is 0.251 e. The predicted molar refractivity (Wildman–Crippen MR) is 138 cm³/mol. The lowest BCUT2D eigenvalue weighted by Gasteiger charge is -2.20. The van der Waals surface area contributed by atoms with Crippen molar-refractivity contribution in [2.24, 2.45) is 0 Å².